The Bertz CT molecular complexity index is 430. The Morgan fingerprint density at radius 3 is 2.89 bits per heavy atom. The first-order valence-electron chi connectivity index (χ1n) is 6.92. The first-order chi connectivity index (χ1) is 9.10. The van der Waals surface area contributed by atoms with E-state index in [0.717, 1.165) is 48.3 Å². The van der Waals surface area contributed by atoms with Gasteiger partial charge in [-0.2, -0.15) is 0 Å². The fourth-order valence-corrected chi connectivity index (χ4v) is 3.17. The number of phenols is 1. The van der Waals surface area contributed by atoms with E-state index in [-0.39, 0.29) is 0 Å². The van der Waals surface area contributed by atoms with Crippen molar-refractivity contribution in [2.75, 3.05) is 19.7 Å². The van der Waals surface area contributed by atoms with Crippen LogP contribution in [-0.2, 0) is 11.3 Å². The molecule has 0 aliphatic carbocycles. The molecule has 0 bridgehead atoms. The average molecular weight is 328 g/mol. The zero-order valence-corrected chi connectivity index (χ0v) is 13.2. The molecule has 1 aromatic rings. The fraction of sp³-hybridized carbons (Fsp3) is 0.600. The maximum atomic E-state index is 10.1. The van der Waals surface area contributed by atoms with Crippen LogP contribution in [0.25, 0.3) is 0 Å². The molecule has 1 heterocycles. The third kappa shape index (κ3) is 3.94. The largest absolute Gasteiger partial charge is 0.507 e. The molecule has 1 atom stereocenters. The molecule has 1 aliphatic rings. The first kappa shape index (κ1) is 14.8. The number of rotatable bonds is 5. The molecule has 1 fully saturated rings. The second-order valence-corrected chi connectivity index (χ2v) is 6.11. The van der Waals surface area contributed by atoms with Crippen molar-refractivity contribution in [3.05, 3.63) is 27.7 Å². The van der Waals surface area contributed by atoms with E-state index in [1.165, 1.54) is 6.42 Å². The SMILES string of the molecule is CCN(Cc1cc(Br)cc(C)c1O)CC1CCCO1. The average Bonchev–Trinajstić information content (AvgIpc) is 2.87. The van der Waals surface area contributed by atoms with Crippen LogP contribution < -0.4 is 0 Å². The molecule has 0 aromatic heterocycles. The van der Waals surface area contributed by atoms with Crippen LogP contribution in [0.3, 0.4) is 0 Å². The molecule has 1 N–H and O–H groups in total. The summed E-state index contributed by atoms with van der Waals surface area (Å²) in [6.45, 7) is 7.65. The summed E-state index contributed by atoms with van der Waals surface area (Å²) in [5.74, 6) is 0.411. The standard InChI is InChI=1S/C15H22BrNO2/c1-3-17(10-14-5-4-6-19-14)9-12-8-13(16)7-11(2)15(12)18/h7-8,14,18H,3-6,9-10H2,1-2H3. The Morgan fingerprint density at radius 2 is 2.26 bits per heavy atom. The number of ether oxygens (including phenoxy) is 1. The Kier molecular flexibility index (Phi) is 5.25. The lowest BCUT2D eigenvalue weighted by Gasteiger charge is -2.24. The van der Waals surface area contributed by atoms with E-state index in [1.807, 2.05) is 19.1 Å². The van der Waals surface area contributed by atoms with E-state index in [1.54, 1.807) is 0 Å². The van der Waals surface area contributed by atoms with Crippen LogP contribution in [0.1, 0.15) is 30.9 Å². The van der Waals surface area contributed by atoms with Crippen LogP contribution in [0.5, 0.6) is 5.75 Å². The van der Waals surface area contributed by atoms with E-state index in [2.05, 4.69) is 27.8 Å². The fourth-order valence-electron chi connectivity index (χ4n) is 2.55. The Morgan fingerprint density at radius 1 is 1.47 bits per heavy atom. The minimum atomic E-state index is 0.357. The molecule has 0 amide bonds. The summed E-state index contributed by atoms with van der Waals surface area (Å²) in [5, 5.41) is 10.1. The van der Waals surface area contributed by atoms with Gasteiger partial charge in [-0.05, 0) is 44.0 Å². The second kappa shape index (κ2) is 6.73. The topological polar surface area (TPSA) is 32.7 Å². The number of hydrogen-bond acceptors (Lipinski definition) is 3. The first-order valence-corrected chi connectivity index (χ1v) is 7.71. The van der Waals surface area contributed by atoms with Crippen molar-refractivity contribution in [3.8, 4) is 5.75 Å². The van der Waals surface area contributed by atoms with Crippen LogP contribution in [0.2, 0.25) is 0 Å². The highest BCUT2D eigenvalue weighted by molar-refractivity contribution is 9.10. The number of benzene rings is 1. The maximum absolute atomic E-state index is 10.1. The molecule has 1 saturated heterocycles. The predicted octanol–water partition coefficient (Wildman–Crippen LogP) is 3.46. The third-order valence-electron chi connectivity index (χ3n) is 3.67. The van der Waals surface area contributed by atoms with Crippen molar-refractivity contribution in [2.24, 2.45) is 0 Å². The highest BCUT2D eigenvalue weighted by atomic mass is 79.9. The van der Waals surface area contributed by atoms with Gasteiger partial charge >= 0.3 is 0 Å². The van der Waals surface area contributed by atoms with E-state index < -0.39 is 0 Å². The normalized spacial score (nSPS) is 19.3. The van der Waals surface area contributed by atoms with Crippen molar-refractivity contribution in [1.29, 1.82) is 0 Å². The van der Waals surface area contributed by atoms with Gasteiger partial charge in [-0.1, -0.05) is 22.9 Å². The van der Waals surface area contributed by atoms with Crippen molar-refractivity contribution >= 4 is 15.9 Å². The summed E-state index contributed by atoms with van der Waals surface area (Å²) >= 11 is 3.49. The van der Waals surface area contributed by atoms with E-state index in [4.69, 9.17) is 4.74 Å². The number of aromatic hydroxyl groups is 1. The summed E-state index contributed by atoms with van der Waals surface area (Å²) in [4.78, 5) is 2.33. The molecule has 4 heteroatoms. The molecule has 1 aliphatic heterocycles. The molecule has 1 aromatic carbocycles. The van der Waals surface area contributed by atoms with Crippen molar-refractivity contribution < 1.29 is 9.84 Å². The lowest BCUT2D eigenvalue weighted by atomic mass is 10.1. The molecule has 0 saturated carbocycles. The Hall–Kier alpha value is -0.580. The highest BCUT2D eigenvalue weighted by Gasteiger charge is 2.19. The van der Waals surface area contributed by atoms with Crippen molar-refractivity contribution in [3.63, 3.8) is 0 Å². The number of aryl methyl sites for hydroxylation is 1. The number of hydrogen-bond donors (Lipinski definition) is 1. The summed E-state index contributed by atoms with van der Waals surface area (Å²) in [6.07, 6.45) is 2.68. The van der Waals surface area contributed by atoms with Gasteiger partial charge in [0.15, 0.2) is 0 Å². The minimum Gasteiger partial charge on any atom is -0.507 e. The lowest BCUT2D eigenvalue weighted by Crippen LogP contribution is -2.31. The molecule has 106 valence electrons. The van der Waals surface area contributed by atoms with Crippen LogP contribution in [0.15, 0.2) is 16.6 Å². The second-order valence-electron chi connectivity index (χ2n) is 5.19. The van der Waals surface area contributed by atoms with Gasteiger partial charge in [0.05, 0.1) is 6.10 Å². The van der Waals surface area contributed by atoms with Gasteiger partial charge in [-0.15, -0.1) is 0 Å². The van der Waals surface area contributed by atoms with Crippen molar-refractivity contribution in [1.82, 2.24) is 4.90 Å². The minimum absolute atomic E-state index is 0.357. The molecule has 0 spiro atoms. The zero-order valence-electron chi connectivity index (χ0n) is 11.7. The van der Waals surface area contributed by atoms with Crippen molar-refractivity contribution in [2.45, 2.75) is 39.3 Å². The molecule has 3 nitrogen and oxygen atoms in total. The third-order valence-corrected chi connectivity index (χ3v) is 4.13. The van der Waals surface area contributed by atoms with E-state index in [0.29, 0.717) is 11.9 Å². The predicted molar refractivity (Wildman–Crippen MR) is 80.5 cm³/mol. The molecule has 2 rings (SSSR count). The van der Waals surface area contributed by atoms with E-state index >= 15 is 0 Å². The van der Waals surface area contributed by atoms with Gasteiger partial charge in [-0.3, -0.25) is 4.90 Å². The maximum Gasteiger partial charge on any atom is 0.123 e. The van der Waals surface area contributed by atoms with Crippen LogP contribution in [0.4, 0.5) is 0 Å². The van der Waals surface area contributed by atoms with Gasteiger partial charge < -0.3 is 9.84 Å². The van der Waals surface area contributed by atoms with Crippen LogP contribution in [-0.4, -0.2) is 35.8 Å². The van der Waals surface area contributed by atoms with Crippen LogP contribution >= 0.6 is 15.9 Å². The van der Waals surface area contributed by atoms with Gasteiger partial charge in [0.2, 0.25) is 0 Å². The summed E-state index contributed by atoms with van der Waals surface area (Å²) in [5.41, 5.74) is 1.89. The molecular formula is C15H22BrNO2. The lowest BCUT2D eigenvalue weighted by molar-refractivity contribution is 0.0722. The number of nitrogens with zero attached hydrogens (tertiary/aromatic N) is 1. The summed E-state index contributed by atoms with van der Waals surface area (Å²) < 4.78 is 6.71. The van der Waals surface area contributed by atoms with E-state index in [9.17, 15) is 5.11 Å². The highest BCUT2D eigenvalue weighted by Crippen LogP contribution is 2.28. The molecule has 19 heavy (non-hydrogen) atoms. The van der Waals surface area contributed by atoms with Gasteiger partial charge in [0.25, 0.3) is 0 Å². The monoisotopic (exact) mass is 327 g/mol. The molecule has 0 radical (unpaired) electrons. The quantitative estimate of drug-likeness (QED) is 0.898. The zero-order chi connectivity index (χ0) is 13.8. The molecular weight excluding hydrogens is 306 g/mol. The number of phenolic OH excluding ortho intramolecular Hbond substituents is 1. The number of halogens is 1. The van der Waals surface area contributed by atoms with Crippen LogP contribution in [0, 0.1) is 6.92 Å². The summed E-state index contributed by atoms with van der Waals surface area (Å²) in [6, 6.07) is 3.94. The van der Waals surface area contributed by atoms with Gasteiger partial charge in [-0.25, -0.2) is 0 Å². The number of likely N-dealkylation sites (N-methyl/N-ethyl adjacent to an activating group) is 1. The smallest absolute Gasteiger partial charge is 0.123 e. The molecule has 1 unspecified atom stereocenters. The Labute approximate surface area is 123 Å². The van der Waals surface area contributed by atoms with Gasteiger partial charge in [0, 0.05) is 29.7 Å². The Balaban J connectivity index is 2.04. The summed E-state index contributed by atoms with van der Waals surface area (Å²) in [7, 11) is 0. The van der Waals surface area contributed by atoms with Gasteiger partial charge in [0.1, 0.15) is 5.75 Å².